The van der Waals surface area contributed by atoms with Crippen molar-refractivity contribution in [2.45, 2.75) is 52.9 Å². The summed E-state index contributed by atoms with van der Waals surface area (Å²) in [5.41, 5.74) is 5.77. The van der Waals surface area contributed by atoms with Crippen molar-refractivity contribution < 1.29 is 0 Å². The summed E-state index contributed by atoms with van der Waals surface area (Å²) < 4.78 is 0. The molecule has 0 aliphatic heterocycles. The second-order valence-corrected chi connectivity index (χ2v) is 5.14. The van der Waals surface area contributed by atoms with Crippen LogP contribution >= 0.6 is 0 Å². The van der Waals surface area contributed by atoms with Gasteiger partial charge in [-0.25, -0.2) is 0 Å². The zero-order valence-corrected chi connectivity index (χ0v) is 13.6. The highest BCUT2D eigenvalue weighted by atomic mass is 14.3. The van der Waals surface area contributed by atoms with Crippen LogP contribution in [0.25, 0.3) is 0 Å². The van der Waals surface area contributed by atoms with Crippen LogP contribution < -0.4 is 0 Å². The molecule has 1 aliphatic carbocycles. The molecule has 0 saturated heterocycles. The van der Waals surface area contributed by atoms with Gasteiger partial charge in [0.05, 0.1) is 0 Å². The molecule has 2 unspecified atom stereocenters. The fourth-order valence-electron chi connectivity index (χ4n) is 2.99. The normalized spacial score (nSPS) is 21.9. The molecule has 0 nitrogen and oxygen atoms in total. The van der Waals surface area contributed by atoms with Crippen molar-refractivity contribution in [1.29, 1.82) is 0 Å². The van der Waals surface area contributed by atoms with Gasteiger partial charge in [-0.2, -0.15) is 0 Å². The number of allylic oxidation sites excluding steroid dienone is 5. The highest BCUT2D eigenvalue weighted by Gasteiger charge is 2.23. The Balaban J connectivity index is 0.000000956. The van der Waals surface area contributed by atoms with Crippen molar-refractivity contribution in [3.63, 3.8) is 0 Å². The molecular formula is C20H28. The lowest BCUT2D eigenvalue weighted by Gasteiger charge is -2.17. The molecule has 0 heteroatoms. The molecule has 0 spiro atoms. The summed E-state index contributed by atoms with van der Waals surface area (Å²) in [4.78, 5) is 0. The molecule has 0 heterocycles. The van der Waals surface area contributed by atoms with Gasteiger partial charge in [-0.15, -0.1) is 0 Å². The van der Waals surface area contributed by atoms with Crippen LogP contribution in [-0.2, 0) is 0 Å². The van der Waals surface area contributed by atoms with E-state index in [2.05, 4.69) is 63.8 Å². The van der Waals surface area contributed by atoms with E-state index in [-0.39, 0.29) is 0 Å². The van der Waals surface area contributed by atoms with Crippen molar-refractivity contribution in [1.82, 2.24) is 0 Å². The van der Waals surface area contributed by atoms with Crippen LogP contribution in [0.4, 0.5) is 0 Å². The summed E-state index contributed by atoms with van der Waals surface area (Å²) in [5, 5.41) is 0. The third-order valence-electron chi connectivity index (χ3n) is 3.95. The Labute approximate surface area is 124 Å². The maximum Gasteiger partial charge on any atom is 0.00664 e. The molecule has 0 aromatic heterocycles. The van der Waals surface area contributed by atoms with Crippen molar-refractivity contribution in [3.05, 3.63) is 71.3 Å². The van der Waals surface area contributed by atoms with Gasteiger partial charge in [0.2, 0.25) is 0 Å². The van der Waals surface area contributed by atoms with Gasteiger partial charge in [0, 0.05) is 5.92 Å². The van der Waals surface area contributed by atoms with E-state index in [0.717, 1.165) is 6.42 Å². The minimum absolute atomic E-state index is 0.454. The SMILES string of the molecule is C=CC1=C(/C=C\C)C(C)c2ccccc2C(C)C1.CC. The summed E-state index contributed by atoms with van der Waals surface area (Å²) in [6, 6.07) is 8.84. The Morgan fingerprint density at radius 1 is 1.10 bits per heavy atom. The van der Waals surface area contributed by atoms with E-state index in [1.807, 2.05) is 19.9 Å². The first-order chi connectivity index (χ1) is 9.69. The summed E-state index contributed by atoms with van der Waals surface area (Å²) in [5.74, 6) is 1.02. The van der Waals surface area contributed by atoms with E-state index < -0.39 is 0 Å². The van der Waals surface area contributed by atoms with Crippen LogP contribution in [0.2, 0.25) is 0 Å². The maximum absolute atomic E-state index is 4.00. The van der Waals surface area contributed by atoms with Crippen LogP contribution in [0.3, 0.4) is 0 Å². The predicted octanol–water partition coefficient (Wildman–Crippen LogP) is 6.38. The Hall–Kier alpha value is -1.56. The molecule has 0 fully saturated rings. The molecule has 1 aromatic rings. The van der Waals surface area contributed by atoms with Gasteiger partial charge >= 0.3 is 0 Å². The third kappa shape index (κ3) is 3.30. The van der Waals surface area contributed by atoms with Crippen LogP contribution in [0, 0.1) is 0 Å². The van der Waals surface area contributed by atoms with Gasteiger partial charge in [0.25, 0.3) is 0 Å². The molecule has 0 N–H and O–H groups in total. The van der Waals surface area contributed by atoms with Gasteiger partial charge in [-0.05, 0) is 41.5 Å². The van der Waals surface area contributed by atoms with Crippen LogP contribution in [0.5, 0.6) is 0 Å². The molecule has 0 amide bonds. The summed E-state index contributed by atoms with van der Waals surface area (Å²) in [6.07, 6.45) is 7.50. The average Bonchev–Trinajstić information content (AvgIpc) is 2.60. The summed E-state index contributed by atoms with van der Waals surface area (Å²) in [7, 11) is 0. The van der Waals surface area contributed by atoms with Gasteiger partial charge in [-0.1, -0.05) is 76.8 Å². The first kappa shape index (κ1) is 16.5. The van der Waals surface area contributed by atoms with Gasteiger partial charge in [-0.3, -0.25) is 0 Å². The second-order valence-electron chi connectivity index (χ2n) is 5.14. The summed E-state index contributed by atoms with van der Waals surface area (Å²) in [6.45, 7) is 14.7. The zero-order valence-electron chi connectivity index (χ0n) is 13.6. The topological polar surface area (TPSA) is 0 Å². The van der Waals surface area contributed by atoms with E-state index in [1.54, 1.807) is 0 Å². The monoisotopic (exact) mass is 268 g/mol. The first-order valence-electron chi connectivity index (χ1n) is 7.76. The number of fused-ring (bicyclic) bond motifs is 1. The van der Waals surface area contributed by atoms with Crippen molar-refractivity contribution in [2.75, 3.05) is 0 Å². The van der Waals surface area contributed by atoms with E-state index in [9.17, 15) is 0 Å². The molecule has 0 bridgehead atoms. The van der Waals surface area contributed by atoms with Crippen LogP contribution in [0.1, 0.15) is 64.0 Å². The quantitative estimate of drug-likeness (QED) is 0.583. The molecular weight excluding hydrogens is 240 g/mol. The fourth-order valence-corrected chi connectivity index (χ4v) is 2.99. The molecule has 2 atom stereocenters. The number of benzene rings is 1. The Bertz CT molecular complexity index is 503. The molecule has 1 aliphatic rings. The number of hydrogen-bond donors (Lipinski definition) is 0. The lowest BCUT2D eigenvalue weighted by molar-refractivity contribution is 0.761. The standard InChI is InChI=1S/C18H22.C2H6/c1-5-9-17-14(4)18-11-8-7-10-16(18)13(3)12-15(17)6-2;1-2/h5-11,13-14H,2,12H2,1,3-4H3;1-2H3/b9-5-;. The average molecular weight is 268 g/mol. The number of rotatable bonds is 2. The first-order valence-corrected chi connectivity index (χ1v) is 7.76. The predicted molar refractivity (Wildman–Crippen MR) is 91.3 cm³/mol. The van der Waals surface area contributed by atoms with Crippen molar-refractivity contribution in [2.24, 2.45) is 0 Å². The Morgan fingerprint density at radius 3 is 2.25 bits per heavy atom. The highest BCUT2D eigenvalue weighted by Crippen LogP contribution is 2.40. The lowest BCUT2D eigenvalue weighted by Crippen LogP contribution is -2.00. The minimum Gasteiger partial charge on any atom is -0.0988 e. The molecule has 2 rings (SSSR count). The minimum atomic E-state index is 0.454. The molecule has 0 saturated carbocycles. The fraction of sp³-hybridized carbons (Fsp3) is 0.400. The summed E-state index contributed by atoms with van der Waals surface area (Å²) >= 11 is 0. The van der Waals surface area contributed by atoms with E-state index in [4.69, 9.17) is 0 Å². The van der Waals surface area contributed by atoms with E-state index in [1.165, 1.54) is 22.3 Å². The molecule has 1 aromatic carbocycles. The zero-order chi connectivity index (χ0) is 15.1. The lowest BCUT2D eigenvalue weighted by atomic mass is 9.88. The van der Waals surface area contributed by atoms with E-state index >= 15 is 0 Å². The highest BCUT2D eigenvalue weighted by molar-refractivity contribution is 5.48. The molecule has 108 valence electrons. The van der Waals surface area contributed by atoms with Gasteiger partial charge in [0.15, 0.2) is 0 Å². The van der Waals surface area contributed by atoms with E-state index in [0.29, 0.717) is 11.8 Å². The Morgan fingerprint density at radius 2 is 1.70 bits per heavy atom. The van der Waals surface area contributed by atoms with Crippen LogP contribution in [-0.4, -0.2) is 0 Å². The van der Waals surface area contributed by atoms with Crippen molar-refractivity contribution >= 4 is 0 Å². The number of hydrogen-bond acceptors (Lipinski definition) is 0. The van der Waals surface area contributed by atoms with Crippen LogP contribution in [0.15, 0.2) is 60.2 Å². The van der Waals surface area contributed by atoms with Gasteiger partial charge in [0.1, 0.15) is 0 Å². The molecule has 20 heavy (non-hydrogen) atoms. The third-order valence-corrected chi connectivity index (χ3v) is 3.95. The largest absolute Gasteiger partial charge is 0.0988 e. The second kappa shape index (κ2) is 7.89. The van der Waals surface area contributed by atoms with Gasteiger partial charge < -0.3 is 0 Å². The molecule has 0 radical (unpaired) electrons. The smallest absolute Gasteiger partial charge is 0.00664 e. The van der Waals surface area contributed by atoms with Crippen molar-refractivity contribution in [3.8, 4) is 0 Å². The maximum atomic E-state index is 4.00. The Kier molecular flexibility index (Phi) is 6.51.